The normalized spacial score (nSPS) is 11.3. The van der Waals surface area contributed by atoms with Gasteiger partial charge in [0.25, 0.3) is 5.89 Å². The summed E-state index contributed by atoms with van der Waals surface area (Å²) < 4.78 is 22.9. The Bertz CT molecular complexity index is 1250. The third-order valence-corrected chi connectivity index (χ3v) is 4.45. The first-order valence-corrected chi connectivity index (χ1v) is 8.38. The molecule has 0 aliphatic heterocycles. The molecule has 0 aliphatic rings. The third-order valence-electron chi connectivity index (χ3n) is 4.45. The Balaban J connectivity index is 1.60. The van der Waals surface area contributed by atoms with E-state index in [2.05, 4.69) is 15.5 Å². The summed E-state index contributed by atoms with van der Waals surface area (Å²) in [5.74, 6) is 1.50. The van der Waals surface area contributed by atoms with Crippen LogP contribution in [-0.4, -0.2) is 17.3 Å². The summed E-state index contributed by atoms with van der Waals surface area (Å²) >= 11 is 0. The van der Waals surface area contributed by atoms with E-state index < -0.39 is 0 Å². The van der Waals surface area contributed by atoms with Crippen molar-refractivity contribution in [2.24, 2.45) is 0 Å². The number of nitrogens with one attached hydrogen (secondary N) is 1. The van der Waals surface area contributed by atoms with E-state index in [0.29, 0.717) is 28.6 Å². The number of rotatable bonds is 4. The Labute approximate surface area is 153 Å². The number of fused-ring (bicyclic) bond motifs is 2. The molecule has 2 aromatic carbocycles. The fraction of sp³-hybridized carbons (Fsp3) is 0.100. The van der Waals surface area contributed by atoms with Crippen LogP contribution in [-0.2, 0) is 0 Å². The summed E-state index contributed by atoms with van der Waals surface area (Å²) in [7, 11) is 1.63. The van der Waals surface area contributed by atoms with Crippen LogP contribution >= 0.6 is 0 Å². The monoisotopic (exact) mass is 361 g/mol. The van der Waals surface area contributed by atoms with E-state index in [-0.39, 0.29) is 6.01 Å². The van der Waals surface area contributed by atoms with Gasteiger partial charge in [-0.25, -0.2) is 0 Å². The molecule has 3 aromatic heterocycles. The lowest BCUT2D eigenvalue weighted by Gasteiger charge is -2.03. The van der Waals surface area contributed by atoms with Gasteiger partial charge in [0.15, 0.2) is 5.76 Å². The highest BCUT2D eigenvalue weighted by atomic mass is 16.5. The molecule has 7 nitrogen and oxygen atoms in total. The van der Waals surface area contributed by atoms with Gasteiger partial charge in [0, 0.05) is 17.3 Å². The van der Waals surface area contributed by atoms with E-state index in [9.17, 15) is 0 Å². The SMILES string of the molecule is COc1c2ccoc2cc2oc(-c3nnc(Nc4ccccc4)o3)c(C)c12. The van der Waals surface area contributed by atoms with Crippen molar-refractivity contribution in [3.05, 3.63) is 54.3 Å². The first-order chi connectivity index (χ1) is 13.2. The van der Waals surface area contributed by atoms with Gasteiger partial charge in [-0.15, -0.1) is 5.10 Å². The van der Waals surface area contributed by atoms with Gasteiger partial charge in [-0.05, 0) is 25.1 Å². The average Bonchev–Trinajstić information content (AvgIpc) is 3.40. The second-order valence-corrected chi connectivity index (χ2v) is 6.07. The summed E-state index contributed by atoms with van der Waals surface area (Å²) in [4.78, 5) is 0. The molecule has 3 heterocycles. The first-order valence-electron chi connectivity index (χ1n) is 8.38. The molecule has 7 heteroatoms. The molecule has 0 radical (unpaired) electrons. The molecule has 134 valence electrons. The van der Waals surface area contributed by atoms with Gasteiger partial charge in [0.05, 0.1) is 24.1 Å². The van der Waals surface area contributed by atoms with E-state index >= 15 is 0 Å². The first kappa shape index (κ1) is 15.5. The molecule has 0 spiro atoms. The van der Waals surface area contributed by atoms with Crippen molar-refractivity contribution in [1.29, 1.82) is 0 Å². The molecule has 0 amide bonds. The Hall–Kier alpha value is -3.74. The standard InChI is InChI=1S/C20H15N3O4/c1-11-16-15(10-14-13(8-9-25-14)18(16)24-2)26-17(11)19-22-23-20(27-19)21-12-6-4-3-5-7-12/h3-10H,1-2H3,(H,21,23). The van der Waals surface area contributed by atoms with Crippen molar-refractivity contribution in [3.63, 3.8) is 0 Å². The summed E-state index contributed by atoms with van der Waals surface area (Å²) in [5, 5.41) is 13.0. The van der Waals surface area contributed by atoms with E-state index in [4.69, 9.17) is 18.0 Å². The number of anilines is 2. The number of hydrogen-bond donors (Lipinski definition) is 1. The third kappa shape index (κ3) is 2.43. The van der Waals surface area contributed by atoms with Crippen molar-refractivity contribution in [2.75, 3.05) is 12.4 Å². The van der Waals surface area contributed by atoms with E-state index in [1.54, 1.807) is 13.4 Å². The van der Waals surface area contributed by atoms with Crippen LogP contribution in [0.2, 0.25) is 0 Å². The quantitative estimate of drug-likeness (QED) is 0.465. The minimum atomic E-state index is 0.289. The lowest BCUT2D eigenvalue weighted by molar-refractivity contribution is 0.424. The van der Waals surface area contributed by atoms with E-state index in [1.165, 1.54) is 0 Å². The zero-order valence-corrected chi connectivity index (χ0v) is 14.6. The largest absolute Gasteiger partial charge is 0.495 e. The zero-order valence-electron chi connectivity index (χ0n) is 14.6. The number of furan rings is 2. The molecule has 0 bridgehead atoms. The molecule has 0 atom stereocenters. The van der Waals surface area contributed by atoms with Crippen molar-refractivity contribution in [2.45, 2.75) is 6.92 Å². The van der Waals surface area contributed by atoms with Gasteiger partial charge >= 0.3 is 6.01 Å². The Morgan fingerprint density at radius 3 is 2.67 bits per heavy atom. The van der Waals surface area contributed by atoms with E-state index in [0.717, 1.165) is 22.0 Å². The Morgan fingerprint density at radius 1 is 1.00 bits per heavy atom. The molecular weight excluding hydrogens is 346 g/mol. The van der Waals surface area contributed by atoms with Gasteiger partial charge in [0.1, 0.15) is 16.9 Å². The van der Waals surface area contributed by atoms with Crippen LogP contribution in [0.3, 0.4) is 0 Å². The topological polar surface area (TPSA) is 86.5 Å². The number of hydrogen-bond acceptors (Lipinski definition) is 7. The summed E-state index contributed by atoms with van der Waals surface area (Å²) in [6.45, 7) is 1.93. The second kappa shape index (κ2) is 5.91. The number of benzene rings is 2. The van der Waals surface area contributed by atoms with Gasteiger partial charge in [-0.2, -0.15) is 0 Å². The summed E-state index contributed by atoms with van der Waals surface area (Å²) in [5.41, 5.74) is 3.05. The van der Waals surface area contributed by atoms with Crippen LogP contribution < -0.4 is 10.1 Å². The van der Waals surface area contributed by atoms with Gasteiger partial charge in [0.2, 0.25) is 0 Å². The fourth-order valence-corrected chi connectivity index (χ4v) is 3.22. The lowest BCUT2D eigenvalue weighted by atomic mass is 10.1. The average molecular weight is 361 g/mol. The number of ether oxygens (including phenoxy) is 1. The molecule has 0 fully saturated rings. The van der Waals surface area contributed by atoms with Crippen LogP contribution in [0, 0.1) is 6.92 Å². The maximum absolute atomic E-state index is 6.00. The summed E-state index contributed by atoms with van der Waals surface area (Å²) in [6.07, 6.45) is 1.63. The maximum atomic E-state index is 6.00. The highest BCUT2D eigenvalue weighted by molar-refractivity contribution is 6.04. The minimum absolute atomic E-state index is 0.289. The molecular formula is C20H15N3O4. The number of aromatic nitrogens is 2. The lowest BCUT2D eigenvalue weighted by Crippen LogP contribution is -1.88. The van der Waals surface area contributed by atoms with Crippen molar-refractivity contribution in [3.8, 4) is 17.4 Å². The molecule has 0 aliphatic carbocycles. The number of para-hydroxylation sites is 1. The van der Waals surface area contributed by atoms with Gasteiger partial charge in [-0.3, -0.25) is 0 Å². The van der Waals surface area contributed by atoms with Crippen LogP contribution in [0.15, 0.2) is 62.0 Å². The Morgan fingerprint density at radius 2 is 1.85 bits per heavy atom. The smallest absolute Gasteiger partial charge is 0.320 e. The molecule has 0 unspecified atom stereocenters. The van der Waals surface area contributed by atoms with Crippen molar-refractivity contribution in [1.82, 2.24) is 10.2 Å². The molecule has 0 saturated carbocycles. The van der Waals surface area contributed by atoms with Crippen LogP contribution in [0.1, 0.15) is 5.56 Å². The predicted molar refractivity (Wildman–Crippen MR) is 100 cm³/mol. The van der Waals surface area contributed by atoms with Gasteiger partial charge in [-0.1, -0.05) is 23.3 Å². The highest BCUT2D eigenvalue weighted by Gasteiger charge is 2.23. The number of methoxy groups -OCH3 is 1. The van der Waals surface area contributed by atoms with Crippen LogP contribution in [0.4, 0.5) is 11.7 Å². The van der Waals surface area contributed by atoms with Gasteiger partial charge < -0.3 is 23.3 Å². The fourth-order valence-electron chi connectivity index (χ4n) is 3.22. The van der Waals surface area contributed by atoms with Crippen LogP contribution in [0.25, 0.3) is 33.6 Å². The molecule has 1 N–H and O–H groups in total. The molecule has 0 saturated heterocycles. The maximum Gasteiger partial charge on any atom is 0.320 e. The minimum Gasteiger partial charge on any atom is -0.495 e. The number of aryl methyl sites for hydroxylation is 1. The van der Waals surface area contributed by atoms with Crippen molar-refractivity contribution < 1.29 is 18.0 Å². The predicted octanol–water partition coefficient (Wildman–Crippen LogP) is 5.29. The molecule has 5 aromatic rings. The second-order valence-electron chi connectivity index (χ2n) is 6.07. The molecule has 5 rings (SSSR count). The van der Waals surface area contributed by atoms with Crippen LogP contribution in [0.5, 0.6) is 5.75 Å². The van der Waals surface area contributed by atoms with Crippen molar-refractivity contribution >= 4 is 33.6 Å². The highest BCUT2D eigenvalue weighted by Crippen LogP contribution is 2.42. The number of nitrogens with zero attached hydrogens (tertiary/aromatic N) is 2. The summed E-state index contributed by atoms with van der Waals surface area (Å²) in [6, 6.07) is 13.6. The van der Waals surface area contributed by atoms with E-state index in [1.807, 2.05) is 49.4 Å². The zero-order chi connectivity index (χ0) is 18.4. The molecule has 27 heavy (non-hydrogen) atoms. The Kier molecular flexibility index (Phi) is 3.39.